The molecule has 78 valence electrons. The van der Waals surface area contributed by atoms with Crippen LogP contribution in [0.1, 0.15) is 9.67 Å². The van der Waals surface area contributed by atoms with Crippen LogP contribution in [-0.4, -0.2) is 13.1 Å². The summed E-state index contributed by atoms with van der Waals surface area (Å²) in [5.74, 6) is -0.376. The van der Waals surface area contributed by atoms with Gasteiger partial charge in [0, 0.05) is 10.4 Å². The lowest BCUT2D eigenvalue weighted by Gasteiger charge is -1.94. The van der Waals surface area contributed by atoms with Crippen LogP contribution < -0.4 is 5.73 Å². The van der Waals surface area contributed by atoms with E-state index in [1.54, 1.807) is 17.4 Å². The molecule has 2 rings (SSSR count). The molecule has 2 N–H and O–H groups in total. The quantitative estimate of drug-likeness (QED) is 0.820. The summed E-state index contributed by atoms with van der Waals surface area (Å²) in [6.45, 7) is 0. The molecule has 0 atom stereocenters. The number of hydrogen-bond acceptors (Lipinski definition) is 5. The van der Waals surface area contributed by atoms with Gasteiger partial charge in [0.1, 0.15) is 4.88 Å². The molecule has 2 aromatic heterocycles. The Labute approximate surface area is 95.1 Å². The van der Waals surface area contributed by atoms with E-state index >= 15 is 0 Å². The van der Waals surface area contributed by atoms with Gasteiger partial charge in [-0.3, -0.25) is 0 Å². The van der Waals surface area contributed by atoms with Gasteiger partial charge in [0.15, 0.2) is 0 Å². The van der Waals surface area contributed by atoms with E-state index in [-0.39, 0.29) is 5.97 Å². The third-order valence-corrected chi connectivity index (χ3v) is 3.80. The Bertz CT molecular complexity index is 474. The number of methoxy groups -OCH3 is 1. The molecule has 0 bridgehead atoms. The average Bonchev–Trinajstić information content (AvgIpc) is 2.84. The van der Waals surface area contributed by atoms with Gasteiger partial charge in [0.25, 0.3) is 0 Å². The minimum atomic E-state index is -0.376. The minimum Gasteiger partial charge on any atom is -0.465 e. The predicted molar refractivity (Wildman–Crippen MR) is 63.4 cm³/mol. The van der Waals surface area contributed by atoms with Crippen LogP contribution in [0.2, 0.25) is 0 Å². The fraction of sp³-hybridized carbons (Fsp3) is 0.100. The van der Waals surface area contributed by atoms with Crippen molar-refractivity contribution in [1.29, 1.82) is 0 Å². The molecule has 0 unspecified atom stereocenters. The molecule has 0 spiro atoms. The smallest absolute Gasteiger partial charge is 0.350 e. The van der Waals surface area contributed by atoms with Gasteiger partial charge in [-0.15, -0.1) is 11.3 Å². The van der Waals surface area contributed by atoms with Crippen molar-refractivity contribution in [1.82, 2.24) is 0 Å². The first-order valence-electron chi connectivity index (χ1n) is 4.22. The average molecular weight is 239 g/mol. The summed E-state index contributed by atoms with van der Waals surface area (Å²) in [6, 6.07) is 3.80. The zero-order valence-corrected chi connectivity index (χ0v) is 9.65. The molecule has 5 heteroatoms. The first-order valence-corrected chi connectivity index (χ1v) is 5.98. The zero-order valence-electron chi connectivity index (χ0n) is 8.02. The Kier molecular flexibility index (Phi) is 2.75. The number of ether oxygens (including phenoxy) is 1. The van der Waals surface area contributed by atoms with Crippen molar-refractivity contribution in [2.45, 2.75) is 0 Å². The fourth-order valence-electron chi connectivity index (χ4n) is 1.20. The molecule has 0 aromatic carbocycles. The second-order valence-electron chi connectivity index (χ2n) is 2.90. The normalized spacial score (nSPS) is 10.2. The Morgan fingerprint density at radius 2 is 2.33 bits per heavy atom. The molecule has 3 nitrogen and oxygen atoms in total. The topological polar surface area (TPSA) is 52.3 Å². The van der Waals surface area contributed by atoms with Gasteiger partial charge in [-0.2, -0.15) is 11.3 Å². The summed E-state index contributed by atoms with van der Waals surface area (Å²) < 4.78 is 4.64. The Morgan fingerprint density at radius 1 is 1.53 bits per heavy atom. The lowest BCUT2D eigenvalue weighted by Crippen LogP contribution is -2.00. The first kappa shape index (κ1) is 10.2. The summed E-state index contributed by atoms with van der Waals surface area (Å²) in [7, 11) is 1.35. The molecule has 0 aliphatic carbocycles. The van der Waals surface area contributed by atoms with E-state index in [2.05, 4.69) is 4.74 Å². The number of carbonyl (C=O) groups is 1. The van der Waals surface area contributed by atoms with E-state index in [4.69, 9.17) is 5.73 Å². The molecule has 2 aromatic rings. The maximum atomic E-state index is 11.3. The van der Waals surface area contributed by atoms with Gasteiger partial charge in [0.2, 0.25) is 0 Å². The van der Waals surface area contributed by atoms with Crippen LogP contribution in [0.25, 0.3) is 10.4 Å². The molecule has 0 aliphatic heterocycles. The number of rotatable bonds is 2. The monoisotopic (exact) mass is 239 g/mol. The van der Waals surface area contributed by atoms with Crippen LogP contribution in [0.15, 0.2) is 22.9 Å². The van der Waals surface area contributed by atoms with E-state index in [1.807, 2.05) is 16.8 Å². The Morgan fingerprint density at radius 3 is 2.93 bits per heavy atom. The van der Waals surface area contributed by atoms with Gasteiger partial charge >= 0.3 is 5.97 Å². The summed E-state index contributed by atoms with van der Waals surface area (Å²) in [6.07, 6.45) is 0. The summed E-state index contributed by atoms with van der Waals surface area (Å²) >= 11 is 2.97. The van der Waals surface area contributed by atoms with Gasteiger partial charge in [-0.05, 0) is 22.9 Å². The second-order valence-corrected chi connectivity index (χ2v) is 4.73. The Balaban J connectivity index is 2.41. The molecule has 0 radical (unpaired) electrons. The highest BCUT2D eigenvalue weighted by Gasteiger charge is 2.15. The number of carbonyl (C=O) groups excluding carboxylic acids is 1. The van der Waals surface area contributed by atoms with E-state index in [0.29, 0.717) is 10.6 Å². The molecule has 0 fully saturated rings. The maximum absolute atomic E-state index is 11.3. The molecule has 0 saturated heterocycles. The van der Waals surface area contributed by atoms with Crippen LogP contribution >= 0.6 is 22.7 Å². The van der Waals surface area contributed by atoms with Crippen LogP contribution in [0, 0.1) is 0 Å². The third kappa shape index (κ3) is 1.88. The molecular formula is C10H9NO2S2. The highest BCUT2D eigenvalue weighted by atomic mass is 32.1. The standard InChI is InChI=1S/C10H9NO2S2/c1-13-10(12)9-7(11)4-8(15-9)6-2-3-14-5-6/h2-5H,11H2,1H3. The molecule has 2 heterocycles. The number of nitrogen functional groups attached to an aromatic ring is 1. The predicted octanol–water partition coefficient (Wildman–Crippen LogP) is 2.85. The summed E-state index contributed by atoms with van der Waals surface area (Å²) in [5, 5.41) is 4.01. The van der Waals surface area contributed by atoms with Crippen molar-refractivity contribution in [3.05, 3.63) is 27.8 Å². The number of hydrogen-bond donors (Lipinski definition) is 1. The van der Waals surface area contributed by atoms with Crippen molar-refractivity contribution in [2.24, 2.45) is 0 Å². The Hall–Kier alpha value is -1.33. The number of thiophene rings is 2. The van der Waals surface area contributed by atoms with Gasteiger partial charge in [-0.25, -0.2) is 4.79 Å². The van der Waals surface area contributed by atoms with Crippen molar-refractivity contribution >= 4 is 34.3 Å². The summed E-state index contributed by atoms with van der Waals surface area (Å²) in [4.78, 5) is 12.8. The molecule has 0 amide bonds. The number of nitrogens with two attached hydrogens (primary N) is 1. The van der Waals surface area contributed by atoms with E-state index in [0.717, 1.165) is 10.4 Å². The highest BCUT2D eigenvalue weighted by molar-refractivity contribution is 7.18. The zero-order chi connectivity index (χ0) is 10.8. The second kappa shape index (κ2) is 4.04. The SMILES string of the molecule is COC(=O)c1sc(-c2ccsc2)cc1N. The van der Waals surface area contributed by atoms with Crippen molar-refractivity contribution in [2.75, 3.05) is 12.8 Å². The lowest BCUT2D eigenvalue weighted by molar-refractivity contribution is 0.0607. The molecule has 15 heavy (non-hydrogen) atoms. The van der Waals surface area contributed by atoms with Gasteiger partial charge in [-0.1, -0.05) is 0 Å². The molecule has 0 saturated carbocycles. The van der Waals surface area contributed by atoms with Gasteiger partial charge in [0.05, 0.1) is 12.8 Å². The van der Waals surface area contributed by atoms with E-state index < -0.39 is 0 Å². The lowest BCUT2D eigenvalue weighted by atomic mass is 10.2. The third-order valence-electron chi connectivity index (χ3n) is 1.94. The van der Waals surface area contributed by atoms with E-state index in [1.165, 1.54) is 18.4 Å². The first-order chi connectivity index (χ1) is 7.22. The minimum absolute atomic E-state index is 0.376. The van der Waals surface area contributed by atoms with Crippen molar-refractivity contribution < 1.29 is 9.53 Å². The number of anilines is 1. The van der Waals surface area contributed by atoms with Crippen LogP contribution in [-0.2, 0) is 4.74 Å². The fourth-order valence-corrected chi connectivity index (χ4v) is 2.93. The molecular weight excluding hydrogens is 230 g/mol. The largest absolute Gasteiger partial charge is 0.465 e. The maximum Gasteiger partial charge on any atom is 0.350 e. The highest BCUT2D eigenvalue weighted by Crippen LogP contribution is 2.34. The van der Waals surface area contributed by atoms with Crippen LogP contribution in [0.3, 0.4) is 0 Å². The summed E-state index contributed by atoms with van der Waals surface area (Å²) in [5.41, 5.74) is 7.31. The van der Waals surface area contributed by atoms with Crippen LogP contribution in [0.5, 0.6) is 0 Å². The van der Waals surface area contributed by atoms with Crippen molar-refractivity contribution in [3.8, 4) is 10.4 Å². The van der Waals surface area contributed by atoms with Crippen molar-refractivity contribution in [3.63, 3.8) is 0 Å². The number of esters is 1. The van der Waals surface area contributed by atoms with Gasteiger partial charge < -0.3 is 10.5 Å². The van der Waals surface area contributed by atoms with E-state index in [9.17, 15) is 4.79 Å². The van der Waals surface area contributed by atoms with Crippen LogP contribution in [0.4, 0.5) is 5.69 Å². The molecule has 0 aliphatic rings.